The standard InChI is InChI=1S/C18H20N2O/c1-19-10-4-8-16(19)12-14-6-3-7-15(18(14)21)13-17-9-5-11-20(17)2/h4-5,8-13H,3,6-7H2,1-2H3/b14-12+,15-13+. The Balaban J connectivity index is 1.91. The molecule has 2 heterocycles. The maximum absolute atomic E-state index is 12.6. The summed E-state index contributed by atoms with van der Waals surface area (Å²) in [5.74, 6) is 0.198. The molecular formula is C18H20N2O. The molecule has 3 heteroatoms. The second-order valence-corrected chi connectivity index (χ2v) is 5.61. The molecule has 0 saturated heterocycles. The van der Waals surface area contributed by atoms with Crippen LogP contribution in [0.4, 0.5) is 0 Å². The molecule has 1 aliphatic carbocycles. The molecule has 0 spiro atoms. The molecule has 0 atom stereocenters. The molecule has 0 unspecified atom stereocenters. The quantitative estimate of drug-likeness (QED) is 0.772. The number of aryl methyl sites for hydroxylation is 2. The van der Waals surface area contributed by atoms with Gasteiger partial charge in [0.15, 0.2) is 5.78 Å². The van der Waals surface area contributed by atoms with Crippen molar-refractivity contribution >= 4 is 17.9 Å². The molecule has 1 aliphatic rings. The fraction of sp³-hybridized carbons (Fsp3) is 0.278. The Kier molecular flexibility index (Phi) is 3.65. The highest BCUT2D eigenvalue weighted by Gasteiger charge is 2.20. The fourth-order valence-corrected chi connectivity index (χ4v) is 2.78. The van der Waals surface area contributed by atoms with E-state index in [1.807, 2.05) is 72.0 Å². The van der Waals surface area contributed by atoms with Gasteiger partial charge in [-0.1, -0.05) is 0 Å². The predicted octanol–water partition coefficient (Wildman–Crippen LogP) is 3.58. The molecule has 2 aromatic heterocycles. The van der Waals surface area contributed by atoms with Gasteiger partial charge in [-0.15, -0.1) is 0 Å². The van der Waals surface area contributed by atoms with Crippen molar-refractivity contribution in [2.75, 3.05) is 0 Å². The molecule has 108 valence electrons. The van der Waals surface area contributed by atoms with Gasteiger partial charge in [-0.2, -0.15) is 0 Å². The Hall–Kier alpha value is -2.29. The fourth-order valence-electron chi connectivity index (χ4n) is 2.78. The van der Waals surface area contributed by atoms with Crippen LogP contribution in [0.25, 0.3) is 12.2 Å². The highest BCUT2D eigenvalue weighted by atomic mass is 16.1. The summed E-state index contributed by atoms with van der Waals surface area (Å²) in [7, 11) is 4.00. The average molecular weight is 280 g/mol. The van der Waals surface area contributed by atoms with E-state index in [0.717, 1.165) is 41.8 Å². The third-order valence-corrected chi connectivity index (χ3v) is 4.09. The van der Waals surface area contributed by atoms with Gasteiger partial charge in [0.25, 0.3) is 0 Å². The van der Waals surface area contributed by atoms with Gasteiger partial charge in [-0.05, 0) is 55.7 Å². The minimum atomic E-state index is 0.198. The molecule has 0 N–H and O–H groups in total. The normalized spacial score (nSPS) is 19.6. The van der Waals surface area contributed by atoms with Crippen LogP contribution in [0.1, 0.15) is 30.7 Å². The van der Waals surface area contributed by atoms with Crippen molar-refractivity contribution in [3.05, 3.63) is 59.2 Å². The summed E-state index contributed by atoms with van der Waals surface area (Å²) in [5, 5.41) is 0. The molecule has 0 bridgehead atoms. The van der Waals surface area contributed by atoms with E-state index < -0.39 is 0 Å². The van der Waals surface area contributed by atoms with Gasteiger partial charge < -0.3 is 9.13 Å². The molecule has 0 radical (unpaired) electrons. The molecule has 21 heavy (non-hydrogen) atoms. The molecule has 3 nitrogen and oxygen atoms in total. The number of aromatic nitrogens is 2. The third-order valence-electron chi connectivity index (χ3n) is 4.09. The van der Waals surface area contributed by atoms with E-state index >= 15 is 0 Å². The largest absolute Gasteiger partial charge is 0.351 e. The first-order chi connectivity index (χ1) is 10.1. The lowest BCUT2D eigenvalue weighted by Crippen LogP contribution is -2.13. The highest BCUT2D eigenvalue weighted by Crippen LogP contribution is 2.28. The van der Waals surface area contributed by atoms with Crippen molar-refractivity contribution in [3.8, 4) is 0 Å². The number of hydrogen-bond donors (Lipinski definition) is 0. The third kappa shape index (κ3) is 2.77. The van der Waals surface area contributed by atoms with Crippen molar-refractivity contribution in [2.45, 2.75) is 19.3 Å². The molecule has 1 saturated carbocycles. The topological polar surface area (TPSA) is 26.9 Å². The number of hydrogen-bond acceptors (Lipinski definition) is 1. The maximum atomic E-state index is 12.6. The average Bonchev–Trinajstić information content (AvgIpc) is 3.04. The van der Waals surface area contributed by atoms with Gasteiger partial charge >= 0.3 is 0 Å². The Bertz CT molecular complexity index is 668. The van der Waals surface area contributed by atoms with Crippen LogP contribution in [-0.4, -0.2) is 14.9 Å². The zero-order valence-corrected chi connectivity index (χ0v) is 12.5. The number of carbonyl (C=O) groups excluding carboxylic acids is 1. The van der Waals surface area contributed by atoms with Crippen LogP contribution in [0.5, 0.6) is 0 Å². The van der Waals surface area contributed by atoms with E-state index in [1.54, 1.807) is 0 Å². The van der Waals surface area contributed by atoms with E-state index in [9.17, 15) is 4.79 Å². The van der Waals surface area contributed by atoms with Crippen LogP contribution < -0.4 is 0 Å². The summed E-state index contributed by atoms with van der Waals surface area (Å²) < 4.78 is 4.07. The number of Topliss-reactive ketones (excluding diaryl/α,β-unsaturated/α-hetero) is 1. The van der Waals surface area contributed by atoms with E-state index in [4.69, 9.17) is 0 Å². The molecule has 0 aromatic carbocycles. The van der Waals surface area contributed by atoms with Gasteiger partial charge in [0.05, 0.1) is 0 Å². The van der Waals surface area contributed by atoms with Crippen molar-refractivity contribution in [1.29, 1.82) is 0 Å². The Morgan fingerprint density at radius 2 is 1.38 bits per heavy atom. The zero-order valence-electron chi connectivity index (χ0n) is 12.5. The number of carbonyl (C=O) groups is 1. The summed E-state index contributed by atoms with van der Waals surface area (Å²) >= 11 is 0. The summed E-state index contributed by atoms with van der Waals surface area (Å²) in [6, 6.07) is 8.08. The first-order valence-corrected chi connectivity index (χ1v) is 7.33. The van der Waals surface area contributed by atoms with E-state index in [1.165, 1.54) is 0 Å². The second-order valence-electron chi connectivity index (χ2n) is 5.61. The molecule has 0 amide bonds. The monoisotopic (exact) mass is 280 g/mol. The van der Waals surface area contributed by atoms with Crippen LogP contribution in [-0.2, 0) is 18.9 Å². The van der Waals surface area contributed by atoms with Crippen molar-refractivity contribution in [3.63, 3.8) is 0 Å². The summed E-state index contributed by atoms with van der Waals surface area (Å²) in [6.45, 7) is 0. The molecule has 1 fully saturated rings. The number of allylic oxidation sites excluding steroid dienone is 2. The zero-order chi connectivity index (χ0) is 14.8. The SMILES string of the molecule is Cn1cccc1/C=C1\CCC/C(=C\c2cccn2C)C1=O. The highest BCUT2D eigenvalue weighted by molar-refractivity contribution is 6.13. The smallest absolute Gasteiger partial charge is 0.185 e. The summed E-state index contributed by atoms with van der Waals surface area (Å²) in [4.78, 5) is 12.6. The van der Waals surface area contributed by atoms with Crippen LogP contribution in [0.3, 0.4) is 0 Å². The van der Waals surface area contributed by atoms with E-state index in [-0.39, 0.29) is 5.78 Å². The lowest BCUT2D eigenvalue weighted by atomic mass is 9.88. The Labute approximate surface area is 125 Å². The predicted molar refractivity (Wildman–Crippen MR) is 85.6 cm³/mol. The van der Waals surface area contributed by atoms with E-state index in [2.05, 4.69) is 0 Å². The van der Waals surface area contributed by atoms with E-state index in [0.29, 0.717) is 0 Å². The minimum Gasteiger partial charge on any atom is -0.351 e. The molecular weight excluding hydrogens is 260 g/mol. The first kappa shape index (κ1) is 13.7. The number of ketones is 1. The van der Waals surface area contributed by atoms with Crippen LogP contribution in [0.15, 0.2) is 47.8 Å². The van der Waals surface area contributed by atoms with Gasteiger partial charge in [0.1, 0.15) is 0 Å². The molecule has 0 aliphatic heterocycles. The van der Waals surface area contributed by atoms with Crippen molar-refractivity contribution < 1.29 is 4.79 Å². The Morgan fingerprint density at radius 1 is 0.905 bits per heavy atom. The molecule has 3 rings (SSSR count). The maximum Gasteiger partial charge on any atom is 0.185 e. The minimum absolute atomic E-state index is 0.198. The lowest BCUT2D eigenvalue weighted by molar-refractivity contribution is -0.112. The van der Waals surface area contributed by atoms with Crippen LogP contribution >= 0.6 is 0 Å². The molecule has 2 aromatic rings. The van der Waals surface area contributed by atoms with Gasteiger partial charge in [0.2, 0.25) is 0 Å². The number of rotatable bonds is 2. The van der Waals surface area contributed by atoms with Gasteiger partial charge in [-0.25, -0.2) is 0 Å². The lowest BCUT2D eigenvalue weighted by Gasteiger charge is -2.16. The Morgan fingerprint density at radius 3 is 1.76 bits per heavy atom. The first-order valence-electron chi connectivity index (χ1n) is 7.33. The van der Waals surface area contributed by atoms with Crippen molar-refractivity contribution in [2.24, 2.45) is 14.1 Å². The number of nitrogens with zero attached hydrogens (tertiary/aromatic N) is 2. The second kappa shape index (κ2) is 5.60. The van der Waals surface area contributed by atoms with Gasteiger partial charge in [-0.3, -0.25) is 4.79 Å². The van der Waals surface area contributed by atoms with Crippen molar-refractivity contribution in [1.82, 2.24) is 9.13 Å². The van der Waals surface area contributed by atoms with Crippen LogP contribution in [0, 0.1) is 0 Å². The van der Waals surface area contributed by atoms with Gasteiger partial charge in [0, 0.05) is 49.0 Å². The summed E-state index contributed by atoms with van der Waals surface area (Å²) in [6.07, 6.45) is 10.8. The van der Waals surface area contributed by atoms with Crippen LogP contribution in [0.2, 0.25) is 0 Å². The summed E-state index contributed by atoms with van der Waals surface area (Å²) in [5.41, 5.74) is 4.00.